The lowest BCUT2D eigenvalue weighted by Crippen LogP contribution is -2.28. The van der Waals surface area contributed by atoms with Crippen LogP contribution >= 0.6 is 0 Å². The van der Waals surface area contributed by atoms with Crippen molar-refractivity contribution < 1.29 is 31.1 Å². The van der Waals surface area contributed by atoms with Gasteiger partial charge in [-0.1, -0.05) is 0 Å². The van der Waals surface area contributed by atoms with Crippen molar-refractivity contribution in [3.8, 4) is 5.75 Å². The highest BCUT2D eigenvalue weighted by molar-refractivity contribution is 7.93. The lowest BCUT2D eigenvalue weighted by Gasteiger charge is -2.20. The van der Waals surface area contributed by atoms with Gasteiger partial charge in [-0.3, -0.25) is 9.52 Å². The molecule has 0 atom stereocenters. The third kappa shape index (κ3) is 7.35. The van der Waals surface area contributed by atoms with Crippen LogP contribution in [0.5, 0.6) is 5.75 Å². The number of nitrogens with zero attached hydrogens (tertiary/aromatic N) is 1. The van der Waals surface area contributed by atoms with Crippen LogP contribution in [0.15, 0.2) is 42.5 Å². The van der Waals surface area contributed by atoms with Crippen LogP contribution in [0.25, 0.3) is 0 Å². The molecule has 0 aliphatic rings. The van der Waals surface area contributed by atoms with Gasteiger partial charge in [0.1, 0.15) is 11.5 Å². The van der Waals surface area contributed by atoms with Gasteiger partial charge in [-0.05, 0) is 56.3 Å². The highest BCUT2D eigenvalue weighted by Crippen LogP contribution is 2.35. The highest BCUT2D eigenvalue weighted by atomic mass is 32.2. The van der Waals surface area contributed by atoms with Gasteiger partial charge in [0.15, 0.2) is 0 Å². The van der Waals surface area contributed by atoms with Crippen LogP contribution in [-0.4, -0.2) is 40.3 Å². The number of anilines is 3. The number of alkyl halides is 3. The van der Waals surface area contributed by atoms with Gasteiger partial charge < -0.3 is 15.0 Å². The smallest absolute Gasteiger partial charge is 0.416 e. The minimum atomic E-state index is -4.61. The molecule has 0 heterocycles. The molecule has 0 unspecified atom stereocenters. The van der Waals surface area contributed by atoms with Gasteiger partial charge in [-0.15, -0.1) is 0 Å². The molecule has 2 aromatic rings. The van der Waals surface area contributed by atoms with E-state index in [0.717, 1.165) is 12.1 Å². The number of halogens is 3. The minimum Gasteiger partial charge on any atom is -0.491 e. The standard InChI is InChI=1S/C20H24F3N3O4S/c1-13(2)30-16-8-6-15(7-9-16)25-31(28,29)12-19(27)24-17-11-14(20(21,22)23)5-10-18(17)26(3)4/h5-11,13,25H,12H2,1-4H3,(H,24,27). The summed E-state index contributed by atoms with van der Waals surface area (Å²) >= 11 is 0. The molecule has 1 amide bonds. The first kappa shape index (κ1) is 24.3. The Morgan fingerprint density at radius 2 is 1.71 bits per heavy atom. The van der Waals surface area contributed by atoms with Crippen LogP contribution in [0.3, 0.4) is 0 Å². The Labute approximate surface area is 179 Å². The molecule has 2 N–H and O–H groups in total. The van der Waals surface area contributed by atoms with Gasteiger partial charge in [0.2, 0.25) is 15.9 Å². The number of sulfonamides is 1. The second kappa shape index (κ2) is 9.46. The Kier molecular flexibility index (Phi) is 7.42. The van der Waals surface area contributed by atoms with E-state index in [1.807, 2.05) is 13.8 Å². The Balaban J connectivity index is 2.12. The van der Waals surface area contributed by atoms with E-state index in [-0.39, 0.29) is 17.5 Å². The molecule has 0 aliphatic carbocycles. The summed E-state index contributed by atoms with van der Waals surface area (Å²) in [6, 6.07) is 8.95. The lowest BCUT2D eigenvalue weighted by atomic mass is 10.1. The summed E-state index contributed by atoms with van der Waals surface area (Å²) in [5.74, 6) is -1.40. The maximum atomic E-state index is 13.0. The van der Waals surface area contributed by atoms with Crippen LogP contribution in [0, 0.1) is 0 Å². The third-order valence-electron chi connectivity index (χ3n) is 3.90. The Morgan fingerprint density at radius 1 is 1.10 bits per heavy atom. The number of hydrogen-bond donors (Lipinski definition) is 2. The summed E-state index contributed by atoms with van der Waals surface area (Å²) in [5.41, 5.74) is -0.585. The molecule has 11 heteroatoms. The van der Waals surface area contributed by atoms with Crippen LogP contribution in [0.2, 0.25) is 0 Å². The second-order valence-electron chi connectivity index (χ2n) is 7.22. The topological polar surface area (TPSA) is 87.7 Å². The number of rotatable bonds is 8. The van der Waals surface area contributed by atoms with Crippen molar-refractivity contribution in [1.29, 1.82) is 0 Å². The first-order valence-electron chi connectivity index (χ1n) is 9.22. The monoisotopic (exact) mass is 459 g/mol. The number of hydrogen-bond acceptors (Lipinski definition) is 5. The first-order chi connectivity index (χ1) is 14.3. The molecule has 2 rings (SSSR count). The lowest BCUT2D eigenvalue weighted by molar-refractivity contribution is -0.137. The maximum Gasteiger partial charge on any atom is 0.416 e. The third-order valence-corrected chi connectivity index (χ3v) is 5.09. The summed E-state index contributed by atoms with van der Waals surface area (Å²) in [6.45, 7) is 3.70. The molecule has 0 aliphatic heterocycles. The summed E-state index contributed by atoms with van der Waals surface area (Å²) in [4.78, 5) is 13.8. The number of amides is 1. The molecule has 0 saturated heterocycles. The fourth-order valence-electron chi connectivity index (χ4n) is 2.65. The molecule has 0 saturated carbocycles. The predicted octanol–water partition coefficient (Wildman–Crippen LogP) is 3.94. The zero-order valence-electron chi connectivity index (χ0n) is 17.4. The van der Waals surface area contributed by atoms with Crippen LogP contribution in [0.4, 0.5) is 30.2 Å². The molecular formula is C20H24F3N3O4S. The average molecular weight is 459 g/mol. The number of benzene rings is 2. The second-order valence-corrected chi connectivity index (χ2v) is 8.95. The maximum absolute atomic E-state index is 13.0. The van der Waals surface area contributed by atoms with E-state index in [4.69, 9.17) is 4.74 Å². The van der Waals surface area contributed by atoms with Gasteiger partial charge in [0, 0.05) is 19.8 Å². The van der Waals surface area contributed by atoms with Crippen molar-refractivity contribution in [3.05, 3.63) is 48.0 Å². The summed E-state index contributed by atoms with van der Waals surface area (Å²) in [7, 11) is -0.927. The summed E-state index contributed by atoms with van der Waals surface area (Å²) in [6.07, 6.45) is -4.65. The fraction of sp³-hybridized carbons (Fsp3) is 0.350. The van der Waals surface area contributed by atoms with E-state index in [9.17, 15) is 26.4 Å². The van der Waals surface area contributed by atoms with E-state index in [2.05, 4.69) is 10.0 Å². The van der Waals surface area contributed by atoms with Crippen molar-refractivity contribution in [2.24, 2.45) is 0 Å². The Bertz CT molecular complexity index is 1020. The number of carbonyl (C=O) groups excluding carboxylic acids is 1. The Hall–Kier alpha value is -2.95. The van der Waals surface area contributed by atoms with Gasteiger partial charge in [0.25, 0.3) is 0 Å². The molecular weight excluding hydrogens is 435 g/mol. The van der Waals surface area contributed by atoms with Gasteiger partial charge in [0.05, 0.1) is 23.0 Å². The molecule has 170 valence electrons. The number of carbonyl (C=O) groups is 1. The van der Waals surface area contributed by atoms with Crippen molar-refractivity contribution in [2.75, 3.05) is 34.8 Å². The minimum absolute atomic E-state index is 0.0471. The number of nitrogens with one attached hydrogen (secondary N) is 2. The molecule has 0 spiro atoms. The van der Waals surface area contributed by atoms with Gasteiger partial charge in [-0.2, -0.15) is 13.2 Å². The predicted molar refractivity (Wildman–Crippen MR) is 114 cm³/mol. The summed E-state index contributed by atoms with van der Waals surface area (Å²) < 4.78 is 71.4. The van der Waals surface area contributed by atoms with Gasteiger partial charge >= 0.3 is 6.18 Å². The van der Waals surface area contributed by atoms with E-state index in [1.54, 1.807) is 26.2 Å². The van der Waals surface area contributed by atoms with Crippen molar-refractivity contribution >= 4 is 33.0 Å². The van der Waals surface area contributed by atoms with E-state index >= 15 is 0 Å². The molecule has 0 bridgehead atoms. The summed E-state index contributed by atoms with van der Waals surface area (Å²) in [5, 5.41) is 2.26. The molecule has 7 nitrogen and oxygen atoms in total. The van der Waals surface area contributed by atoms with Gasteiger partial charge in [-0.25, -0.2) is 8.42 Å². The van der Waals surface area contributed by atoms with Crippen molar-refractivity contribution in [1.82, 2.24) is 0 Å². The highest BCUT2D eigenvalue weighted by Gasteiger charge is 2.31. The van der Waals surface area contributed by atoms with Crippen LogP contribution in [-0.2, 0) is 21.0 Å². The quantitative estimate of drug-likeness (QED) is 0.625. The fourth-order valence-corrected chi connectivity index (χ4v) is 3.64. The van der Waals surface area contributed by atoms with E-state index in [0.29, 0.717) is 11.4 Å². The molecule has 31 heavy (non-hydrogen) atoms. The number of ether oxygens (including phenoxy) is 1. The van der Waals surface area contributed by atoms with Crippen molar-refractivity contribution in [3.63, 3.8) is 0 Å². The SMILES string of the molecule is CC(C)Oc1ccc(NS(=O)(=O)CC(=O)Nc2cc(C(F)(F)F)ccc2N(C)C)cc1. The molecule has 0 aromatic heterocycles. The van der Waals surface area contributed by atoms with Crippen molar-refractivity contribution in [2.45, 2.75) is 26.1 Å². The van der Waals surface area contributed by atoms with E-state index < -0.39 is 33.4 Å². The first-order valence-corrected chi connectivity index (χ1v) is 10.9. The Morgan fingerprint density at radius 3 is 2.23 bits per heavy atom. The normalized spacial score (nSPS) is 11.9. The van der Waals surface area contributed by atoms with Crippen LogP contribution in [0.1, 0.15) is 19.4 Å². The molecule has 0 fully saturated rings. The largest absolute Gasteiger partial charge is 0.491 e. The zero-order valence-corrected chi connectivity index (χ0v) is 18.3. The van der Waals surface area contributed by atoms with E-state index in [1.165, 1.54) is 23.1 Å². The molecule has 0 radical (unpaired) electrons. The van der Waals surface area contributed by atoms with Crippen LogP contribution < -0.4 is 19.7 Å². The molecule has 2 aromatic carbocycles. The zero-order chi connectivity index (χ0) is 23.4. The average Bonchev–Trinajstić information content (AvgIpc) is 2.61.